The van der Waals surface area contributed by atoms with Crippen LogP contribution in [0.3, 0.4) is 0 Å². The average Bonchev–Trinajstić information content (AvgIpc) is 2.75. The van der Waals surface area contributed by atoms with Gasteiger partial charge in [0.1, 0.15) is 5.82 Å². The SMILES string of the molecule is Cc1cnc(N2CCc3sccc3C2)c(Br)c1. The fourth-order valence-electron chi connectivity index (χ4n) is 2.19. The number of halogens is 1. The minimum atomic E-state index is 0.980. The van der Waals surface area contributed by atoms with Gasteiger partial charge in [-0.1, -0.05) is 0 Å². The van der Waals surface area contributed by atoms with Crippen molar-refractivity contribution in [3.05, 3.63) is 44.2 Å². The maximum absolute atomic E-state index is 4.54. The molecule has 88 valence electrons. The number of anilines is 1. The smallest absolute Gasteiger partial charge is 0.143 e. The largest absolute Gasteiger partial charge is 0.351 e. The van der Waals surface area contributed by atoms with Crippen molar-refractivity contribution in [1.29, 1.82) is 0 Å². The minimum absolute atomic E-state index is 0.980. The quantitative estimate of drug-likeness (QED) is 0.797. The zero-order valence-corrected chi connectivity index (χ0v) is 12.0. The van der Waals surface area contributed by atoms with E-state index in [4.69, 9.17) is 0 Å². The maximum Gasteiger partial charge on any atom is 0.143 e. The Labute approximate surface area is 113 Å². The Kier molecular flexibility index (Phi) is 2.92. The Morgan fingerprint density at radius 1 is 1.47 bits per heavy atom. The minimum Gasteiger partial charge on any atom is -0.351 e. The fraction of sp³-hybridized carbons (Fsp3) is 0.308. The van der Waals surface area contributed by atoms with E-state index >= 15 is 0 Å². The topological polar surface area (TPSA) is 16.1 Å². The van der Waals surface area contributed by atoms with Crippen LogP contribution in [0.15, 0.2) is 28.2 Å². The Hall–Kier alpha value is -0.870. The van der Waals surface area contributed by atoms with E-state index in [1.807, 2.05) is 17.5 Å². The van der Waals surface area contributed by atoms with Crippen molar-refractivity contribution < 1.29 is 0 Å². The number of rotatable bonds is 1. The molecule has 1 aliphatic rings. The molecule has 0 atom stereocenters. The van der Waals surface area contributed by atoms with Gasteiger partial charge in [0, 0.05) is 24.2 Å². The first-order valence-electron chi connectivity index (χ1n) is 5.66. The first-order valence-corrected chi connectivity index (χ1v) is 7.33. The van der Waals surface area contributed by atoms with Gasteiger partial charge in [-0.15, -0.1) is 11.3 Å². The average molecular weight is 309 g/mol. The molecule has 0 fully saturated rings. The van der Waals surface area contributed by atoms with Gasteiger partial charge >= 0.3 is 0 Å². The molecule has 0 spiro atoms. The Morgan fingerprint density at radius 3 is 3.18 bits per heavy atom. The summed E-state index contributed by atoms with van der Waals surface area (Å²) in [6, 6.07) is 4.36. The summed E-state index contributed by atoms with van der Waals surface area (Å²) in [5, 5.41) is 2.19. The molecule has 2 nitrogen and oxygen atoms in total. The molecule has 0 saturated heterocycles. The van der Waals surface area contributed by atoms with Crippen molar-refractivity contribution in [1.82, 2.24) is 4.98 Å². The second-order valence-electron chi connectivity index (χ2n) is 4.36. The normalized spacial score (nSPS) is 14.8. The summed E-state index contributed by atoms with van der Waals surface area (Å²) >= 11 is 5.48. The molecule has 0 bridgehead atoms. The molecule has 0 aromatic carbocycles. The van der Waals surface area contributed by atoms with Gasteiger partial charge < -0.3 is 4.90 Å². The maximum atomic E-state index is 4.54. The fourth-order valence-corrected chi connectivity index (χ4v) is 3.79. The van der Waals surface area contributed by atoms with Gasteiger partial charge in [0.2, 0.25) is 0 Å². The standard InChI is InChI=1S/C13H13BrN2S/c1-9-6-11(14)13(15-7-9)16-4-2-12-10(8-16)3-5-17-12/h3,5-7H,2,4,8H2,1H3. The zero-order valence-electron chi connectivity index (χ0n) is 9.61. The number of hydrogen-bond acceptors (Lipinski definition) is 3. The number of fused-ring (bicyclic) bond motifs is 1. The molecular formula is C13H13BrN2S. The van der Waals surface area contributed by atoms with Crippen LogP contribution in [0, 0.1) is 6.92 Å². The third-order valence-corrected chi connectivity index (χ3v) is 4.67. The van der Waals surface area contributed by atoms with Crippen molar-refractivity contribution in [2.24, 2.45) is 0 Å². The molecule has 0 unspecified atom stereocenters. The molecule has 3 rings (SSSR count). The molecule has 0 aliphatic carbocycles. The molecule has 0 saturated carbocycles. The van der Waals surface area contributed by atoms with Crippen LogP contribution in [0.25, 0.3) is 0 Å². The van der Waals surface area contributed by atoms with Crippen LogP contribution in [0.1, 0.15) is 16.0 Å². The lowest BCUT2D eigenvalue weighted by atomic mass is 10.1. The van der Waals surface area contributed by atoms with Crippen LogP contribution < -0.4 is 4.90 Å². The van der Waals surface area contributed by atoms with Crippen molar-refractivity contribution in [3.63, 3.8) is 0 Å². The Morgan fingerprint density at radius 2 is 2.35 bits per heavy atom. The van der Waals surface area contributed by atoms with E-state index in [2.05, 4.69) is 50.3 Å². The van der Waals surface area contributed by atoms with Crippen LogP contribution in [0.4, 0.5) is 5.82 Å². The predicted molar refractivity (Wildman–Crippen MR) is 75.7 cm³/mol. The van der Waals surface area contributed by atoms with E-state index < -0.39 is 0 Å². The van der Waals surface area contributed by atoms with Gasteiger partial charge in [-0.3, -0.25) is 0 Å². The summed E-state index contributed by atoms with van der Waals surface area (Å²) in [6.45, 7) is 4.10. The third kappa shape index (κ3) is 2.11. The lowest BCUT2D eigenvalue weighted by Gasteiger charge is -2.28. The van der Waals surface area contributed by atoms with E-state index in [1.54, 1.807) is 0 Å². The molecule has 2 aromatic rings. The lowest BCUT2D eigenvalue weighted by molar-refractivity contribution is 0.730. The highest BCUT2D eigenvalue weighted by molar-refractivity contribution is 9.10. The molecule has 3 heterocycles. The Bertz CT molecular complexity index is 550. The molecule has 4 heteroatoms. The monoisotopic (exact) mass is 308 g/mol. The molecular weight excluding hydrogens is 296 g/mol. The first kappa shape index (κ1) is 11.2. The number of thiophene rings is 1. The van der Waals surface area contributed by atoms with Gasteiger partial charge in [-0.2, -0.15) is 0 Å². The second-order valence-corrected chi connectivity index (χ2v) is 6.21. The van der Waals surface area contributed by atoms with Crippen molar-refractivity contribution in [3.8, 4) is 0 Å². The molecule has 0 amide bonds. The summed E-state index contributed by atoms with van der Waals surface area (Å²) in [4.78, 5) is 8.42. The van der Waals surface area contributed by atoms with Crippen molar-refractivity contribution >= 4 is 33.1 Å². The lowest BCUT2D eigenvalue weighted by Crippen LogP contribution is -2.30. The van der Waals surface area contributed by atoms with E-state index in [-0.39, 0.29) is 0 Å². The summed E-state index contributed by atoms with van der Waals surface area (Å²) in [7, 11) is 0. The molecule has 0 N–H and O–H groups in total. The van der Waals surface area contributed by atoms with Gasteiger partial charge in [0.05, 0.1) is 4.47 Å². The summed E-state index contributed by atoms with van der Waals surface area (Å²) in [5.74, 6) is 1.06. The highest BCUT2D eigenvalue weighted by atomic mass is 79.9. The number of nitrogens with zero attached hydrogens (tertiary/aromatic N) is 2. The highest BCUT2D eigenvalue weighted by Crippen LogP contribution is 2.31. The number of aryl methyl sites for hydroxylation is 1. The van der Waals surface area contributed by atoms with Gasteiger partial charge in [-0.25, -0.2) is 4.98 Å². The number of hydrogen-bond donors (Lipinski definition) is 0. The van der Waals surface area contributed by atoms with Crippen LogP contribution in [0.5, 0.6) is 0 Å². The highest BCUT2D eigenvalue weighted by Gasteiger charge is 2.19. The number of aromatic nitrogens is 1. The van der Waals surface area contributed by atoms with E-state index in [0.29, 0.717) is 0 Å². The van der Waals surface area contributed by atoms with Gasteiger partial charge in [0.25, 0.3) is 0 Å². The Balaban J connectivity index is 1.91. The molecule has 17 heavy (non-hydrogen) atoms. The van der Waals surface area contributed by atoms with Crippen LogP contribution >= 0.6 is 27.3 Å². The zero-order chi connectivity index (χ0) is 11.8. The molecule has 1 aliphatic heterocycles. The molecule has 0 radical (unpaired) electrons. The predicted octanol–water partition coefficient (Wildman–Crippen LogP) is 3.78. The first-order chi connectivity index (χ1) is 8.24. The van der Waals surface area contributed by atoms with Gasteiger partial charge in [0.15, 0.2) is 0 Å². The van der Waals surface area contributed by atoms with Crippen LogP contribution in [0.2, 0.25) is 0 Å². The van der Waals surface area contributed by atoms with Crippen molar-refractivity contribution in [2.45, 2.75) is 19.9 Å². The van der Waals surface area contributed by atoms with Crippen molar-refractivity contribution in [2.75, 3.05) is 11.4 Å². The van der Waals surface area contributed by atoms with Crippen LogP contribution in [-0.4, -0.2) is 11.5 Å². The summed E-state index contributed by atoms with van der Waals surface area (Å²) in [6.07, 6.45) is 3.07. The molecule has 2 aromatic heterocycles. The summed E-state index contributed by atoms with van der Waals surface area (Å²) < 4.78 is 1.09. The second kappa shape index (κ2) is 4.42. The van der Waals surface area contributed by atoms with E-state index in [9.17, 15) is 0 Å². The van der Waals surface area contributed by atoms with E-state index in [1.165, 1.54) is 16.0 Å². The van der Waals surface area contributed by atoms with E-state index in [0.717, 1.165) is 29.8 Å². The van der Waals surface area contributed by atoms with Gasteiger partial charge in [-0.05, 0) is 57.9 Å². The summed E-state index contributed by atoms with van der Waals surface area (Å²) in [5.41, 5.74) is 2.64. The van der Waals surface area contributed by atoms with Crippen LogP contribution in [-0.2, 0) is 13.0 Å². The third-order valence-electron chi connectivity index (χ3n) is 3.07. The number of pyridine rings is 1.